The van der Waals surface area contributed by atoms with E-state index in [4.69, 9.17) is 16.3 Å². The number of rotatable bonds is 2. The first kappa shape index (κ1) is 21.2. The molecule has 156 valence electrons. The van der Waals surface area contributed by atoms with Crippen molar-refractivity contribution in [1.29, 1.82) is 0 Å². The number of amides is 1. The highest BCUT2D eigenvalue weighted by molar-refractivity contribution is 7.89. The fourth-order valence-corrected chi connectivity index (χ4v) is 5.67. The van der Waals surface area contributed by atoms with Crippen molar-refractivity contribution >= 4 is 27.7 Å². The molecule has 2 saturated heterocycles. The average Bonchev–Trinajstić information content (AvgIpc) is 3.12. The van der Waals surface area contributed by atoms with Crippen LogP contribution in [-0.4, -0.2) is 54.5 Å². The van der Waals surface area contributed by atoms with E-state index in [9.17, 15) is 26.4 Å². The molecule has 3 rings (SSSR count). The lowest BCUT2D eigenvalue weighted by Crippen LogP contribution is -2.51. The lowest BCUT2D eigenvalue weighted by molar-refractivity contribution is -0.137. The number of ether oxygens (including phenoxy) is 1. The number of hydrogen-bond donors (Lipinski definition) is 0. The zero-order valence-electron chi connectivity index (χ0n) is 15.5. The van der Waals surface area contributed by atoms with Gasteiger partial charge >= 0.3 is 12.3 Å². The summed E-state index contributed by atoms with van der Waals surface area (Å²) in [5.74, 6) is 0. The Morgan fingerprint density at radius 1 is 1.18 bits per heavy atom. The molecule has 2 aliphatic heterocycles. The van der Waals surface area contributed by atoms with Gasteiger partial charge in [-0.3, -0.25) is 0 Å². The third kappa shape index (κ3) is 3.95. The van der Waals surface area contributed by atoms with E-state index >= 15 is 0 Å². The fourth-order valence-electron chi connectivity index (χ4n) is 3.48. The molecular weight excluding hydrogens is 421 g/mol. The minimum Gasteiger partial charge on any atom is -0.444 e. The number of benzene rings is 1. The Hall–Kier alpha value is -1.52. The van der Waals surface area contributed by atoms with Gasteiger partial charge in [0.05, 0.1) is 16.6 Å². The van der Waals surface area contributed by atoms with Crippen molar-refractivity contribution < 1.29 is 31.1 Å². The highest BCUT2D eigenvalue weighted by Gasteiger charge is 2.51. The monoisotopic (exact) mass is 440 g/mol. The summed E-state index contributed by atoms with van der Waals surface area (Å²) in [6.45, 7) is 5.43. The first-order valence-corrected chi connectivity index (χ1v) is 10.4. The van der Waals surface area contributed by atoms with Gasteiger partial charge in [-0.1, -0.05) is 11.6 Å². The van der Waals surface area contributed by atoms with Crippen LogP contribution in [0.3, 0.4) is 0 Å². The normalized spacial score (nSPS) is 23.3. The molecule has 2 aliphatic rings. The minimum absolute atomic E-state index is 0.0452. The maximum absolute atomic E-state index is 12.9. The van der Waals surface area contributed by atoms with Gasteiger partial charge < -0.3 is 9.64 Å². The largest absolute Gasteiger partial charge is 0.444 e. The van der Waals surface area contributed by atoms with Gasteiger partial charge in [-0.15, -0.1) is 0 Å². The van der Waals surface area contributed by atoms with E-state index in [-0.39, 0.29) is 24.0 Å². The van der Waals surface area contributed by atoms with Crippen LogP contribution in [0.4, 0.5) is 18.0 Å². The summed E-state index contributed by atoms with van der Waals surface area (Å²) < 4.78 is 70.8. The van der Waals surface area contributed by atoms with E-state index in [1.165, 1.54) is 9.21 Å². The van der Waals surface area contributed by atoms with Crippen LogP contribution in [0.5, 0.6) is 0 Å². The Balaban J connectivity index is 1.79. The predicted octanol–water partition coefficient (Wildman–Crippen LogP) is 3.74. The standard InChI is InChI=1S/C17H20ClF3N2O4S/c1-16(2,3)27-15(24)22-8-12-7-11(22)9-23(12)28(25,26)14-5-4-10(6-13(14)18)17(19,20)21/h4-6,11-12H,7-9H2,1-3H3/t11-,12-/m1/s1. The lowest BCUT2D eigenvalue weighted by Gasteiger charge is -2.34. The number of alkyl halides is 3. The summed E-state index contributed by atoms with van der Waals surface area (Å²) in [5, 5.41) is -0.485. The fraction of sp³-hybridized carbons (Fsp3) is 0.588. The Bertz CT molecular complexity index is 899. The maximum Gasteiger partial charge on any atom is 0.416 e. The summed E-state index contributed by atoms with van der Waals surface area (Å²) in [6.07, 6.45) is -4.69. The molecule has 2 fully saturated rings. The van der Waals surface area contributed by atoms with Gasteiger partial charge in [0.15, 0.2) is 0 Å². The second-order valence-electron chi connectivity index (χ2n) is 7.89. The third-order valence-electron chi connectivity index (χ3n) is 4.66. The number of fused-ring (bicyclic) bond motifs is 2. The molecule has 0 spiro atoms. The van der Waals surface area contributed by atoms with Gasteiger partial charge in [-0.05, 0) is 45.4 Å². The van der Waals surface area contributed by atoms with E-state index in [1.54, 1.807) is 20.8 Å². The van der Waals surface area contributed by atoms with Crippen molar-refractivity contribution in [2.45, 2.75) is 55.9 Å². The first-order valence-electron chi connectivity index (χ1n) is 8.58. The Labute approximate surface area is 166 Å². The number of carbonyl (C=O) groups excluding carboxylic acids is 1. The second-order valence-corrected chi connectivity index (χ2v) is 10.2. The summed E-state index contributed by atoms with van der Waals surface area (Å²) >= 11 is 5.86. The van der Waals surface area contributed by atoms with Crippen molar-refractivity contribution in [3.63, 3.8) is 0 Å². The van der Waals surface area contributed by atoms with Gasteiger partial charge in [0.25, 0.3) is 0 Å². The zero-order chi connectivity index (χ0) is 21.1. The van der Waals surface area contributed by atoms with Crippen molar-refractivity contribution in [3.8, 4) is 0 Å². The number of carbonyl (C=O) groups is 1. The molecule has 2 bridgehead atoms. The lowest BCUT2D eigenvalue weighted by atomic mass is 10.2. The molecule has 28 heavy (non-hydrogen) atoms. The molecule has 1 aromatic rings. The van der Waals surface area contributed by atoms with Crippen molar-refractivity contribution in [1.82, 2.24) is 9.21 Å². The third-order valence-corrected chi connectivity index (χ3v) is 7.07. The molecule has 2 atom stereocenters. The van der Waals surface area contributed by atoms with Crippen LogP contribution in [0.15, 0.2) is 23.1 Å². The van der Waals surface area contributed by atoms with Gasteiger partial charge in [0, 0.05) is 19.1 Å². The summed E-state index contributed by atoms with van der Waals surface area (Å²) in [7, 11) is -4.09. The SMILES string of the molecule is CC(C)(C)OC(=O)N1C[C@H]2C[C@@H]1CN2S(=O)(=O)c1ccc(C(F)(F)F)cc1Cl. The van der Waals surface area contributed by atoms with Crippen LogP contribution in [0.25, 0.3) is 0 Å². The number of likely N-dealkylation sites (tertiary alicyclic amines) is 1. The molecule has 0 aliphatic carbocycles. The molecule has 0 saturated carbocycles. The highest BCUT2D eigenvalue weighted by Crippen LogP contribution is 2.39. The summed E-state index contributed by atoms with van der Waals surface area (Å²) in [5.41, 5.74) is -1.69. The van der Waals surface area contributed by atoms with Crippen LogP contribution >= 0.6 is 11.6 Å². The Morgan fingerprint density at radius 2 is 1.82 bits per heavy atom. The van der Waals surface area contributed by atoms with E-state index in [0.29, 0.717) is 18.6 Å². The number of nitrogens with zero attached hydrogens (tertiary/aromatic N) is 2. The van der Waals surface area contributed by atoms with Crippen LogP contribution in [-0.2, 0) is 20.9 Å². The van der Waals surface area contributed by atoms with Gasteiger partial charge in [-0.25, -0.2) is 13.2 Å². The second kappa shape index (κ2) is 6.77. The van der Waals surface area contributed by atoms with Gasteiger partial charge in [0.2, 0.25) is 10.0 Å². The molecule has 1 amide bonds. The summed E-state index contributed by atoms with van der Waals surface area (Å²) in [4.78, 5) is 13.4. The molecule has 0 unspecified atom stereocenters. The molecule has 6 nitrogen and oxygen atoms in total. The number of hydrogen-bond acceptors (Lipinski definition) is 4. The highest BCUT2D eigenvalue weighted by atomic mass is 35.5. The molecule has 0 radical (unpaired) electrons. The first-order chi connectivity index (χ1) is 12.7. The maximum atomic E-state index is 12.9. The Kier molecular flexibility index (Phi) is 5.13. The van der Waals surface area contributed by atoms with Crippen LogP contribution in [0.2, 0.25) is 5.02 Å². The number of piperazine rings is 1. The van der Waals surface area contributed by atoms with Crippen LogP contribution in [0.1, 0.15) is 32.8 Å². The number of halogens is 4. The van der Waals surface area contributed by atoms with Crippen molar-refractivity contribution in [2.75, 3.05) is 13.1 Å². The van der Waals surface area contributed by atoms with Crippen LogP contribution in [0, 0.1) is 0 Å². The molecule has 0 aromatic heterocycles. The molecular formula is C17H20ClF3N2O4S. The smallest absolute Gasteiger partial charge is 0.416 e. The number of sulfonamides is 1. The predicted molar refractivity (Wildman–Crippen MR) is 95.5 cm³/mol. The van der Waals surface area contributed by atoms with Gasteiger partial charge in [0.1, 0.15) is 10.5 Å². The molecule has 2 heterocycles. The Morgan fingerprint density at radius 3 is 2.29 bits per heavy atom. The molecule has 0 N–H and O–H groups in total. The molecule has 1 aromatic carbocycles. The zero-order valence-corrected chi connectivity index (χ0v) is 17.0. The van der Waals surface area contributed by atoms with Crippen LogP contribution < -0.4 is 0 Å². The minimum atomic E-state index is -4.62. The van der Waals surface area contributed by atoms with E-state index in [1.807, 2.05) is 0 Å². The topological polar surface area (TPSA) is 66.9 Å². The van der Waals surface area contributed by atoms with Crippen molar-refractivity contribution in [3.05, 3.63) is 28.8 Å². The molecule has 11 heteroatoms. The van der Waals surface area contributed by atoms with E-state index < -0.39 is 44.5 Å². The summed E-state index contributed by atoms with van der Waals surface area (Å²) in [6, 6.07) is 1.36. The van der Waals surface area contributed by atoms with Crippen molar-refractivity contribution in [2.24, 2.45) is 0 Å². The quantitative estimate of drug-likeness (QED) is 0.702. The van der Waals surface area contributed by atoms with E-state index in [0.717, 1.165) is 6.07 Å². The average molecular weight is 441 g/mol. The van der Waals surface area contributed by atoms with E-state index in [2.05, 4.69) is 0 Å². The van der Waals surface area contributed by atoms with Gasteiger partial charge in [-0.2, -0.15) is 17.5 Å².